The van der Waals surface area contributed by atoms with E-state index in [4.69, 9.17) is 23.2 Å². The standard InChI is InChI=1S/C18H24Cl2N2O3S/c19-14-8-9-16(20)17(11-14)26(24,25)22-10-4-5-13(12-22)18(23)21-15-6-2-1-3-7-15/h8-9,11,13,15H,1-7,10,12H2,(H,21,23)/t13-/m0/s1. The molecule has 0 spiro atoms. The molecule has 1 saturated heterocycles. The van der Waals surface area contributed by atoms with Crippen molar-refractivity contribution in [3.8, 4) is 0 Å². The van der Waals surface area contributed by atoms with Crippen molar-refractivity contribution >= 4 is 39.1 Å². The third-order valence-corrected chi connectivity index (χ3v) is 7.80. The monoisotopic (exact) mass is 418 g/mol. The van der Waals surface area contributed by atoms with Gasteiger partial charge in [-0.25, -0.2) is 8.42 Å². The number of amides is 1. The Labute approximate surface area is 165 Å². The van der Waals surface area contributed by atoms with Gasteiger partial charge >= 0.3 is 0 Å². The fourth-order valence-corrected chi connectivity index (χ4v) is 6.02. The van der Waals surface area contributed by atoms with Crippen LogP contribution in [0.25, 0.3) is 0 Å². The van der Waals surface area contributed by atoms with Crippen LogP contribution in [0.3, 0.4) is 0 Å². The van der Waals surface area contributed by atoms with Crippen molar-refractivity contribution in [3.05, 3.63) is 28.2 Å². The molecule has 26 heavy (non-hydrogen) atoms. The van der Waals surface area contributed by atoms with Crippen LogP contribution >= 0.6 is 23.2 Å². The maximum Gasteiger partial charge on any atom is 0.244 e. The van der Waals surface area contributed by atoms with Crippen LogP contribution in [0.2, 0.25) is 10.0 Å². The maximum atomic E-state index is 13.0. The molecule has 5 nitrogen and oxygen atoms in total. The zero-order valence-electron chi connectivity index (χ0n) is 14.6. The molecule has 144 valence electrons. The Bertz CT molecular complexity index is 764. The van der Waals surface area contributed by atoms with Crippen molar-refractivity contribution in [2.45, 2.75) is 55.9 Å². The number of benzene rings is 1. The van der Waals surface area contributed by atoms with Gasteiger partial charge in [-0.15, -0.1) is 0 Å². The molecule has 2 fully saturated rings. The van der Waals surface area contributed by atoms with Gasteiger partial charge < -0.3 is 5.32 Å². The van der Waals surface area contributed by atoms with E-state index in [1.54, 1.807) is 6.07 Å². The van der Waals surface area contributed by atoms with Gasteiger partial charge in [0.1, 0.15) is 4.90 Å². The summed E-state index contributed by atoms with van der Waals surface area (Å²) in [6.45, 7) is 0.572. The fraction of sp³-hybridized carbons (Fsp3) is 0.611. The SMILES string of the molecule is O=C(NC1CCCCC1)[C@H]1CCCN(S(=O)(=O)c2cc(Cl)ccc2Cl)C1. The first kappa shape index (κ1) is 19.9. The number of carbonyl (C=O) groups is 1. The number of hydrogen-bond donors (Lipinski definition) is 1. The van der Waals surface area contributed by atoms with Gasteiger partial charge in [-0.3, -0.25) is 4.79 Å². The molecule has 2 aliphatic rings. The third kappa shape index (κ3) is 4.53. The number of halogens is 2. The molecule has 3 rings (SSSR count). The zero-order valence-corrected chi connectivity index (χ0v) is 16.9. The van der Waals surface area contributed by atoms with E-state index < -0.39 is 10.0 Å². The first-order chi connectivity index (χ1) is 12.4. The normalized spacial score (nSPS) is 22.9. The van der Waals surface area contributed by atoms with E-state index in [9.17, 15) is 13.2 Å². The highest BCUT2D eigenvalue weighted by molar-refractivity contribution is 7.89. The van der Waals surface area contributed by atoms with E-state index in [-0.39, 0.29) is 34.3 Å². The second-order valence-electron chi connectivity index (χ2n) is 7.12. The molecule has 1 aliphatic heterocycles. The Hall–Kier alpha value is -0.820. The van der Waals surface area contributed by atoms with Gasteiger partial charge in [0.2, 0.25) is 15.9 Å². The van der Waals surface area contributed by atoms with Crippen LogP contribution in [0, 0.1) is 5.92 Å². The summed E-state index contributed by atoms with van der Waals surface area (Å²) in [5, 5.41) is 3.57. The molecule has 1 N–H and O–H groups in total. The Morgan fingerprint density at radius 3 is 2.54 bits per heavy atom. The Kier molecular flexibility index (Phi) is 6.49. The van der Waals surface area contributed by atoms with Crippen LogP contribution in [-0.2, 0) is 14.8 Å². The predicted molar refractivity (Wildman–Crippen MR) is 103 cm³/mol. The minimum atomic E-state index is -3.78. The number of hydrogen-bond acceptors (Lipinski definition) is 3. The number of piperidine rings is 1. The van der Waals surface area contributed by atoms with Gasteiger partial charge in [-0.1, -0.05) is 42.5 Å². The van der Waals surface area contributed by atoms with Gasteiger partial charge in [0, 0.05) is 24.2 Å². The molecule has 0 unspecified atom stereocenters. The number of carbonyl (C=O) groups excluding carboxylic acids is 1. The van der Waals surface area contributed by atoms with Gasteiger partial charge in [-0.05, 0) is 43.9 Å². The summed E-state index contributed by atoms with van der Waals surface area (Å²) in [5.74, 6) is -0.354. The van der Waals surface area contributed by atoms with Gasteiger partial charge in [-0.2, -0.15) is 4.31 Å². The minimum Gasteiger partial charge on any atom is -0.353 e. The minimum absolute atomic E-state index is 0.00000495. The summed E-state index contributed by atoms with van der Waals surface area (Å²) in [6.07, 6.45) is 6.89. The highest BCUT2D eigenvalue weighted by Gasteiger charge is 2.35. The average Bonchev–Trinajstić information content (AvgIpc) is 2.64. The largest absolute Gasteiger partial charge is 0.353 e. The molecule has 1 aliphatic carbocycles. The predicted octanol–water partition coefficient (Wildman–Crippen LogP) is 3.84. The second-order valence-corrected chi connectivity index (χ2v) is 9.87. The summed E-state index contributed by atoms with van der Waals surface area (Å²) in [6, 6.07) is 4.63. The van der Waals surface area contributed by atoms with Gasteiger partial charge in [0.25, 0.3) is 0 Å². The Balaban J connectivity index is 1.71. The van der Waals surface area contributed by atoms with Crippen molar-refractivity contribution in [3.63, 3.8) is 0 Å². The first-order valence-electron chi connectivity index (χ1n) is 9.13. The van der Waals surface area contributed by atoms with E-state index in [0.29, 0.717) is 24.4 Å². The van der Waals surface area contributed by atoms with E-state index in [1.807, 2.05) is 0 Å². The highest BCUT2D eigenvalue weighted by atomic mass is 35.5. The molecule has 1 saturated carbocycles. The highest BCUT2D eigenvalue weighted by Crippen LogP contribution is 2.30. The van der Waals surface area contributed by atoms with E-state index >= 15 is 0 Å². The van der Waals surface area contributed by atoms with Crippen LogP contribution < -0.4 is 5.32 Å². The van der Waals surface area contributed by atoms with Crippen molar-refractivity contribution in [2.75, 3.05) is 13.1 Å². The number of nitrogens with one attached hydrogen (secondary N) is 1. The topological polar surface area (TPSA) is 66.5 Å². The second kappa shape index (κ2) is 8.46. The third-order valence-electron chi connectivity index (χ3n) is 5.22. The average molecular weight is 419 g/mol. The lowest BCUT2D eigenvalue weighted by atomic mass is 9.93. The van der Waals surface area contributed by atoms with Crippen molar-refractivity contribution in [1.29, 1.82) is 0 Å². The molecule has 0 aromatic heterocycles. The molecule has 1 aromatic rings. The Morgan fingerprint density at radius 1 is 1.08 bits per heavy atom. The van der Waals surface area contributed by atoms with Crippen LogP contribution in [-0.4, -0.2) is 37.8 Å². The lowest BCUT2D eigenvalue weighted by Gasteiger charge is -2.33. The van der Waals surface area contributed by atoms with Crippen LogP contribution in [0.4, 0.5) is 0 Å². The van der Waals surface area contributed by atoms with Gasteiger partial charge in [0.15, 0.2) is 0 Å². The summed E-state index contributed by atoms with van der Waals surface area (Å²) in [7, 11) is -3.78. The lowest BCUT2D eigenvalue weighted by Crippen LogP contribution is -2.47. The molecule has 8 heteroatoms. The van der Waals surface area contributed by atoms with Crippen LogP contribution in [0.15, 0.2) is 23.1 Å². The lowest BCUT2D eigenvalue weighted by molar-refractivity contribution is -0.127. The molecule has 1 atom stereocenters. The van der Waals surface area contributed by atoms with E-state index in [2.05, 4.69) is 5.32 Å². The molecule has 0 bridgehead atoms. The van der Waals surface area contributed by atoms with Crippen LogP contribution in [0.5, 0.6) is 0 Å². The molecular formula is C18H24Cl2N2O3S. The number of nitrogens with zero attached hydrogens (tertiary/aromatic N) is 1. The summed E-state index contributed by atoms with van der Waals surface area (Å²) in [4.78, 5) is 12.6. The molecule has 1 heterocycles. The zero-order chi connectivity index (χ0) is 18.7. The van der Waals surface area contributed by atoms with Crippen molar-refractivity contribution < 1.29 is 13.2 Å². The van der Waals surface area contributed by atoms with Crippen molar-refractivity contribution in [2.24, 2.45) is 5.92 Å². The van der Waals surface area contributed by atoms with Crippen LogP contribution in [0.1, 0.15) is 44.9 Å². The number of rotatable bonds is 4. The summed E-state index contributed by atoms with van der Waals surface area (Å²) < 4.78 is 27.3. The molecule has 1 aromatic carbocycles. The molecule has 0 radical (unpaired) electrons. The fourth-order valence-electron chi connectivity index (χ4n) is 3.75. The molecule has 1 amide bonds. The smallest absolute Gasteiger partial charge is 0.244 e. The number of sulfonamides is 1. The summed E-state index contributed by atoms with van der Waals surface area (Å²) in [5.41, 5.74) is 0. The quantitative estimate of drug-likeness (QED) is 0.807. The molecular weight excluding hydrogens is 395 g/mol. The summed E-state index contributed by atoms with van der Waals surface area (Å²) >= 11 is 12.0. The first-order valence-corrected chi connectivity index (χ1v) is 11.3. The van der Waals surface area contributed by atoms with E-state index in [1.165, 1.54) is 22.9 Å². The van der Waals surface area contributed by atoms with E-state index in [0.717, 1.165) is 25.7 Å². The Morgan fingerprint density at radius 2 is 1.81 bits per heavy atom. The van der Waals surface area contributed by atoms with Crippen molar-refractivity contribution in [1.82, 2.24) is 9.62 Å². The maximum absolute atomic E-state index is 13.0. The van der Waals surface area contributed by atoms with Gasteiger partial charge in [0.05, 0.1) is 10.9 Å².